The molecule has 1 aliphatic rings. The molecule has 1 fully saturated rings. The van der Waals surface area contributed by atoms with Gasteiger partial charge in [-0.15, -0.1) is 0 Å². The Morgan fingerprint density at radius 2 is 2.05 bits per heavy atom. The number of carbonyl (C=O) groups is 2. The van der Waals surface area contributed by atoms with Gasteiger partial charge in [-0.2, -0.15) is 0 Å². The average molecular weight is 284 g/mol. The molecule has 0 aromatic heterocycles. The Balaban J connectivity index is 2.31. The van der Waals surface area contributed by atoms with Crippen molar-refractivity contribution in [3.05, 3.63) is 0 Å². The summed E-state index contributed by atoms with van der Waals surface area (Å²) >= 11 is 0. The molecule has 0 bridgehead atoms. The highest BCUT2D eigenvalue weighted by Gasteiger charge is 2.21. The van der Waals surface area contributed by atoms with E-state index in [9.17, 15) is 9.59 Å². The van der Waals surface area contributed by atoms with Crippen molar-refractivity contribution in [2.45, 2.75) is 58.9 Å². The summed E-state index contributed by atoms with van der Waals surface area (Å²) in [6, 6.07) is -0.382. The first-order chi connectivity index (χ1) is 9.40. The second-order valence-corrected chi connectivity index (χ2v) is 6.27. The zero-order valence-electron chi connectivity index (χ0n) is 12.9. The molecular formula is C15H28N2O3. The van der Waals surface area contributed by atoms with Gasteiger partial charge in [-0.25, -0.2) is 4.79 Å². The number of aliphatic carboxylic acids is 1. The van der Waals surface area contributed by atoms with Gasteiger partial charge in [-0.1, -0.05) is 26.2 Å². The monoisotopic (exact) mass is 284 g/mol. The van der Waals surface area contributed by atoms with Crippen LogP contribution in [-0.2, 0) is 4.79 Å². The fourth-order valence-corrected chi connectivity index (χ4v) is 2.94. The Morgan fingerprint density at radius 1 is 1.35 bits per heavy atom. The Kier molecular flexibility index (Phi) is 6.82. The minimum atomic E-state index is -0.977. The number of carboxylic acid groups (broad SMARTS) is 1. The van der Waals surface area contributed by atoms with Crippen molar-refractivity contribution in [1.82, 2.24) is 10.2 Å². The van der Waals surface area contributed by atoms with Gasteiger partial charge in [0.15, 0.2) is 0 Å². The van der Waals surface area contributed by atoms with Crippen molar-refractivity contribution in [2.24, 2.45) is 11.8 Å². The van der Waals surface area contributed by atoms with E-state index in [1.54, 1.807) is 0 Å². The summed E-state index contributed by atoms with van der Waals surface area (Å²) in [5, 5.41) is 11.7. The molecule has 5 nitrogen and oxygen atoms in total. The van der Waals surface area contributed by atoms with Crippen LogP contribution in [-0.4, -0.2) is 41.1 Å². The summed E-state index contributed by atoms with van der Waals surface area (Å²) in [4.78, 5) is 24.1. The fraction of sp³-hybridized carbons (Fsp3) is 0.867. The lowest BCUT2D eigenvalue weighted by atomic mass is 9.81. The first kappa shape index (κ1) is 16.8. The van der Waals surface area contributed by atoms with Crippen LogP contribution in [0.5, 0.6) is 0 Å². The molecule has 0 saturated heterocycles. The molecule has 0 aromatic rings. The van der Waals surface area contributed by atoms with E-state index in [2.05, 4.69) is 12.2 Å². The third-order valence-corrected chi connectivity index (χ3v) is 4.06. The van der Waals surface area contributed by atoms with Crippen LogP contribution >= 0.6 is 0 Å². The summed E-state index contributed by atoms with van der Waals surface area (Å²) in [6.07, 6.45) is 6.11. The largest absolute Gasteiger partial charge is 0.480 e. The molecule has 0 aliphatic heterocycles. The first-order valence-corrected chi connectivity index (χ1v) is 7.66. The van der Waals surface area contributed by atoms with Crippen molar-refractivity contribution in [3.8, 4) is 0 Å². The van der Waals surface area contributed by atoms with Crippen LogP contribution in [0, 0.1) is 11.8 Å². The van der Waals surface area contributed by atoms with Crippen LogP contribution in [0.15, 0.2) is 0 Å². The first-order valence-electron chi connectivity index (χ1n) is 7.66. The smallest absolute Gasteiger partial charge is 0.323 e. The van der Waals surface area contributed by atoms with Crippen molar-refractivity contribution < 1.29 is 14.7 Å². The van der Waals surface area contributed by atoms with Crippen LogP contribution in [0.1, 0.15) is 52.9 Å². The maximum atomic E-state index is 12.0. The SMILES string of the molecule is CC1CCCC(CCNC(=O)N(CC(=O)O)C(C)C)C1. The third kappa shape index (κ3) is 5.80. The second kappa shape index (κ2) is 8.12. The molecule has 0 aromatic carbocycles. The number of nitrogens with zero attached hydrogens (tertiary/aromatic N) is 1. The summed E-state index contributed by atoms with van der Waals surface area (Å²) in [6.45, 7) is 6.33. The van der Waals surface area contributed by atoms with Gasteiger partial charge in [0.05, 0.1) is 0 Å². The van der Waals surface area contributed by atoms with Crippen LogP contribution in [0.3, 0.4) is 0 Å². The molecule has 20 heavy (non-hydrogen) atoms. The van der Waals surface area contributed by atoms with Gasteiger partial charge in [-0.05, 0) is 38.5 Å². The molecule has 2 atom stereocenters. The van der Waals surface area contributed by atoms with Gasteiger partial charge in [0.1, 0.15) is 6.54 Å². The Morgan fingerprint density at radius 3 is 2.60 bits per heavy atom. The topological polar surface area (TPSA) is 69.6 Å². The second-order valence-electron chi connectivity index (χ2n) is 6.27. The van der Waals surface area contributed by atoms with Gasteiger partial charge < -0.3 is 15.3 Å². The normalized spacial score (nSPS) is 22.6. The molecule has 0 spiro atoms. The number of amides is 2. The van der Waals surface area contributed by atoms with E-state index in [4.69, 9.17) is 5.11 Å². The molecule has 1 saturated carbocycles. The minimum Gasteiger partial charge on any atom is -0.480 e. The van der Waals surface area contributed by atoms with Crippen molar-refractivity contribution in [1.29, 1.82) is 0 Å². The minimum absolute atomic E-state index is 0.110. The molecule has 2 unspecified atom stereocenters. The van der Waals surface area contributed by atoms with Crippen LogP contribution in [0.4, 0.5) is 4.79 Å². The summed E-state index contributed by atoms with van der Waals surface area (Å²) in [7, 11) is 0. The number of urea groups is 1. The lowest BCUT2D eigenvalue weighted by Crippen LogP contribution is -2.46. The number of rotatable bonds is 6. The van der Waals surface area contributed by atoms with E-state index in [-0.39, 0.29) is 18.6 Å². The molecule has 0 heterocycles. The molecule has 1 aliphatic carbocycles. The number of hydrogen-bond donors (Lipinski definition) is 2. The lowest BCUT2D eigenvalue weighted by Gasteiger charge is -2.28. The molecule has 0 radical (unpaired) electrons. The highest BCUT2D eigenvalue weighted by molar-refractivity contribution is 5.80. The van der Waals surface area contributed by atoms with Gasteiger partial charge in [0.25, 0.3) is 0 Å². The Hall–Kier alpha value is -1.26. The number of carbonyl (C=O) groups excluding carboxylic acids is 1. The van der Waals surface area contributed by atoms with Crippen molar-refractivity contribution in [3.63, 3.8) is 0 Å². The lowest BCUT2D eigenvalue weighted by molar-refractivity contribution is -0.138. The van der Waals surface area contributed by atoms with E-state index >= 15 is 0 Å². The zero-order chi connectivity index (χ0) is 15.1. The molecule has 5 heteroatoms. The number of nitrogens with one attached hydrogen (secondary N) is 1. The predicted octanol–water partition coefficient (Wildman–Crippen LogP) is 2.71. The summed E-state index contributed by atoms with van der Waals surface area (Å²) in [5.74, 6) is 0.518. The van der Waals surface area contributed by atoms with E-state index in [1.165, 1.54) is 30.6 Å². The Labute approximate surface area is 121 Å². The van der Waals surface area contributed by atoms with E-state index in [0.29, 0.717) is 12.5 Å². The van der Waals surface area contributed by atoms with Gasteiger partial charge >= 0.3 is 12.0 Å². The maximum absolute atomic E-state index is 12.0. The van der Waals surface area contributed by atoms with E-state index < -0.39 is 5.97 Å². The highest BCUT2D eigenvalue weighted by Crippen LogP contribution is 2.30. The third-order valence-electron chi connectivity index (χ3n) is 4.06. The average Bonchev–Trinajstić information content (AvgIpc) is 2.35. The Bertz CT molecular complexity index is 331. The van der Waals surface area contributed by atoms with Crippen molar-refractivity contribution >= 4 is 12.0 Å². The van der Waals surface area contributed by atoms with Gasteiger partial charge in [-0.3, -0.25) is 4.79 Å². The zero-order valence-corrected chi connectivity index (χ0v) is 12.9. The van der Waals surface area contributed by atoms with Crippen LogP contribution in [0.25, 0.3) is 0 Å². The number of hydrogen-bond acceptors (Lipinski definition) is 2. The molecule has 116 valence electrons. The quantitative estimate of drug-likeness (QED) is 0.788. The molecule has 1 rings (SSSR count). The van der Waals surface area contributed by atoms with Crippen LogP contribution in [0.2, 0.25) is 0 Å². The van der Waals surface area contributed by atoms with E-state index in [1.807, 2.05) is 13.8 Å². The molecular weight excluding hydrogens is 256 g/mol. The number of carboxylic acids is 1. The van der Waals surface area contributed by atoms with Gasteiger partial charge in [0, 0.05) is 12.6 Å². The van der Waals surface area contributed by atoms with Crippen LogP contribution < -0.4 is 5.32 Å². The summed E-state index contributed by atoms with van der Waals surface area (Å²) < 4.78 is 0. The standard InChI is InChI=1S/C15H28N2O3/c1-11(2)17(10-14(18)19)15(20)16-8-7-13-6-4-5-12(3)9-13/h11-13H,4-10H2,1-3H3,(H,16,20)(H,18,19). The molecule has 2 N–H and O–H groups in total. The summed E-state index contributed by atoms with van der Waals surface area (Å²) in [5.41, 5.74) is 0. The van der Waals surface area contributed by atoms with E-state index in [0.717, 1.165) is 12.3 Å². The molecule has 2 amide bonds. The van der Waals surface area contributed by atoms with Crippen molar-refractivity contribution in [2.75, 3.05) is 13.1 Å². The fourth-order valence-electron chi connectivity index (χ4n) is 2.94. The predicted molar refractivity (Wildman–Crippen MR) is 78.6 cm³/mol. The maximum Gasteiger partial charge on any atom is 0.323 e. The van der Waals surface area contributed by atoms with Gasteiger partial charge in [0.2, 0.25) is 0 Å². The highest BCUT2D eigenvalue weighted by atomic mass is 16.4.